The Labute approximate surface area is 130 Å². The second-order valence-corrected chi connectivity index (χ2v) is 5.83. The SMILES string of the molecule is CC(C)(NC(=O)c1cccc2cccnc12)c1ccccc1. The summed E-state index contributed by atoms with van der Waals surface area (Å²) in [4.78, 5) is 17.0. The number of aromatic nitrogens is 1. The third kappa shape index (κ3) is 2.70. The Morgan fingerprint density at radius 2 is 1.68 bits per heavy atom. The van der Waals surface area contributed by atoms with Gasteiger partial charge in [0.1, 0.15) is 0 Å². The van der Waals surface area contributed by atoms with Gasteiger partial charge in [-0.05, 0) is 31.5 Å². The van der Waals surface area contributed by atoms with Gasteiger partial charge in [-0.25, -0.2) is 0 Å². The van der Waals surface area contributed by atoms with Crippen LogP contribution in [0.1, 0.15) is 29.8 Å². The second kappa shape index (κ2) is 5.60. The topological polar surface area (TPSA) is 42.0 Å². The number of fused-ring (bicyclic) bond motifs is 1. The van der Waals surface area contributed by atoms with Gasteiger partial charge < -0.3 is 5.32 Å². The van der Waals surface area contributed by atoms with Crippen LogP contribution >= 0.6 is 0 Å². The average Bonchev–Trinajstić information content (AvgIpc) is 2.54. The summed E-state index contributed by atoms with van der Waals surface area (Å²) in [5, 5.41) is 4.07. The molecule has 0 spiro atoms. The van der Waals surface area contributed by atoms with Gasteiger partial charge in [0.2, 0.25) is 0 Å². The van der Waals surface area contributed by atoms with Crippen molar-refractivity contribution in [2.45, 2.75) is 19.4 Å². The molecule has 0 aliphatic carbocycles. The minimum absolute atomic E-state index is 0.113. The molecule has 1 amide bonds. The highest BCUT2D eigenvalue weighted by Crippen LogP contribution is 2.22. The summed E-state index contributed by atoms with van der Waals surface area (Å²) in [6.07, 6.45) is 1.71. The van der Waals surface area contributed by atoms with Crippen molar-refractivity contribution in [3.63, 3.8) is 0 Å². The highest BCUT2D eigenvalue weighted by molar-refractivity contribution is 6.05. The molecular weight excluding hydrogens is 272 g/mol. The van der Waals surface area contributed by atoms with Gasteiger partial charge in [0.15, 0.2) is 0 Å². The minimum atomic E-state index is -0.449. The number of benzene rings is 2. The second-order valence-electron chi connectivity index (χ2n) is 5.83. The van der Waals surface area contributed by atoms with E-state index in [1.807, 2.05) is 74.5 Å². The molecule has 0 saturated carbocycles. The normalized spacial score (nSPS) is 11.4. The lowest BCUT2D eigenvalue weighted by Gasteiger charge is -2.27. The lowest BCUT2D eigenvalue weighted by Crippen LogP contribution is -2.41. The molecule has 3 aromatic rings. The van der Waals surface area contributed by atoms with Crippen LogP contribution in [0.25, 0.3) is 10.9 Å². The van der Waals surface area contributed by atoms with Crippen LogP contribution in [0.15, 0.2) is 66.9 Å². The molecule has 0 unspecified atom stereocenters. The van der Waals surface area contributed by atoms with Crippen molar-refractivity contribution in [1.82, 2.24) is 10.3 Å². The molecule has 3 nitrogen and oxygen atoms in total. The molecule has 0 fully saturated rings. The third-order valence-electron chi connectivity index (χ3n) is 3.80. The highest BCUT2D eigenvalue weighted by Gasteiger charge is 2.24. The molecule has 0 bridgehead atoms. The van der Waals surface area contributed by atoms with Crippen molar-refractivity contribution in [2.24, 2.45) is 0 Å². The Balaban J connectivity index is 1.94. The molecule has 3 rings (SSSR count). The summed E-state index contributed by atoms with van der Waals surface area (Å²) >= 11 is 0. The van der Waals surface area contributed by atoms with E-state index in [0.717, 1.165) is 16.5 Å². The summed E-state index contributed by atoms with van der Waals surface area (Å²) in [5.74, 6) is -0.113. The van der Waals surface area contributed by atoms with E-state index < -0.39 is 5.54 Å². The van der Waals surface area contributed by atoms with Gasteiger partial charge in [-0.15, -0.1) is 0 Å². The van der Waals surface area contributed by atoms with Crippen LogP contribution < -0.4 is 5.32 Å². The van der Waals surface area contributed by atoms with Crippen LogP contribution in [0.2, 0.25) is 0 Å². The third-order valence-corrected chi connectivity index (χ3v) is 3.80. The van der Waals surface area contributed by atoms with Crippen molar-refractivity contribution in [3.8, 4) is 0 Å². The van der Waals surface area contributed by atoms with Crippen molar-refractivity contribution in [3.05, 3.63) is 78.0 Å². The molecule has 22 heavy (non-hydrogen) atoms. The number of nitrogens with one attached hydrogen (secondary N) is 1. The number of carbonyl (C=O) groups excluding carboxylic acids is 1. The molecule has 1 N–H and O–H groups in total. The van der Waals surface area contributed by atoms with Crippen molar-refractivity contribution >= 4 is 16.8 Å². The maximum Gasteiger partial charge on any atom is 0.254 e. The first-order valence-electron chi connectivity index (χ1n) is 7.30. The maximum atomic E-state index is 12.7. The van der Waals surface area contributed by atoms with Gasteiger partial charge in [-0.1, -0.05) is 48.5 Å². The Morgan fingerprint density at radius 3 is 2.45 bits per heavy atom. The summed E-state index contributed by atoms with van der Waals surface area (Å²) in [6.45, 7) is 4.00. The molecule has 2 aromatic carbocycles. The molecule has 0 saturated heterocycles. The summed E-state index contributed by atoms with van der Waals surface area (Å²) in [5.41, 5.74) is 1.94. The number of rotatable bonds is 3. The predicted octanol–water partition coefficient (Wildman–Crippen LogP) is 3.90. The first-order valence-corrected chi connectivity index (χ1v) is 7.30. The van der Waals surface area contributed by atoms with E-state index in [0.29, 0.717) is 5.56 Å². The van der Waals surface area contributed by atoms with E-state index in [2.05, 4.69) is 10.3 Å². The van der Waals surface area contributed by atoms with E-state index in [4.69, 9.17) is 0 Å². The lowest BCUT2D eigenvalue weighted by atomic mass is 9.93. The first-order chi connectivity index (χ1) is 10.6. The number of hydrogen-bond acceptors (Lipinski definition) is 2. The zero-order valence-corrected chi connectivity index (χ0v) is 12.7. The largest absolute Gasteiger partial charge is 0.343 e. The smallest absolute Gasteiger partial charge is 0.254 e. The molecule has 3 heteroatoms. The molecule has 0 atom stereocenters. The molecule has 0 aliphatic rings. The molecular formula is C19H18N2O. The van der Waals surface area contributed by atoms with Crippen LogP contribution in [0, 0.1) is 0 Å². The Hall–Kier alpha value is -2.68. The standard InChI is InChI=1S/C19H18N2O/c1-19(2,15-10-4-3-5-11-15)21-18(22)16-12-6-8-14-9-7-13-20-17(14)16/h3-13H,1-2H3,(H,21,22). The van der Waals surface area contributed by atoms with Crippen molar-refractivity contribution < 1.29 is 4.79 Å². The van der Waals surface area contributed by atoms with Gasteiger partial charge in [0, 0.05) is 11.6 Å². The fourth-order valence-corrected chi connectivity index (χ4v) is 2.57. The van der Waals surface area contributed by atoms with Crippen LogP contribution in [0.3, 0.4) is 0 Å². The number of pyridine rings is 1. The molecule has 0 aliphatic heterocycles. The van der Waals surface area contributed by atoms with Crippen LogP contribution in [-0.2, 0) is 5.54 Å². The van der Waals surface area contributed by atoms with E-state index in [1.165, 1.54) is 0 Å². The van der Waals surface area contributed by atoms with Crippen molar-refractivity contribution in [1.29, 1.82) is 0 Å². The van der Waals surface area contributed by atoms with E-state index in [-0.39, 0.29) is 5.91 Å². The molecule has 1 aromatic heterocycles. The molecule has 1 heterocycles. The Bertz CT molecular complexity index is 805. The van der Waals surface area contributed by atoms with Crippen LogP contribution in [-0.4, -0.2) is 10.9 Å². The number of hydrogen-bond donors (Lipinski definition) is 1. The molecule has 0 radical (unpaired) electrons. The van der Waals surface area contributed by atoms with Crippen LogP contribution in [0.5, 0.6) is 0 Å². The number of para-hydroxylation sites is 1. The molecule has 110 valence electrons. The van der Waals surface area contributed by atoms with E-state index in [1.54, 1.807) is 6.20 Å². The highest BCUT2D eigenvalue weighted by atomic mass is 16.1. The quantitative estimate of drug-likeness (QED) is 0.795. The van der Waals surface area contributed by atoms with Gasteiger partial charge in [0.25, 0.3) is 5.91 Å². The zero-order valence-electron chi connectivity index (χ0n) is 12.7. The lowest BCUT2D eigenvalue weighted by molar-refractivity contribution is 0.0913. The van der Waals surface area contributed by atoms with Crippen LogP contribution in [0.4, 0.5) is 0 Å². The first kappa shape index (κ1) is 14.3. The Morgan fingerprint density at radius 1 is 0.955 bits per heavy atom. The summed E-state index contributed by atoms with van der Waals surface area (Å²) in [7, 11) is 0. The van der Waals surface area contributed by atoms with Gasteiger partial charge >= 0.3 is 0 Å². The summed E-state index contributed by atoms with van der Waals surface area (Å²) < 4.78 is 0. The van der Waals surface area contributed by atoms with Crippen molar-refractivity contribution in [2.75, 3.05) is 0 Å². The fraction of sp³-hybridized carbons (Fsp3) is 0.158. The monoisotopic (exact) mass is 290 g/mol. The van der Waals surface area contributed by atoms with Gasteiger partial charge in [-0.2, -0.15) is 0 Å². The van der Waals surface area contributed by atoms with E-state index >= 15 is 0 Å². The number of amides is 1. The van der Waals surface area contributed by atoms with Gasteiger partial charge in [0.05, 0.1) is 16.6 Å². The summed E-state index contributed by atoms with van der Waals surface area (Å²) in [6, 6.07) is 19.4. The average molecular weight is 290 g/mol. The fourth-order valence-electron chi connectivity index (χ4n) is 2.57. The predicted molar refractivity (Wildman–Crippen MR) is 88.7 cm³/mol. The zero-order chi connectivity index (χ0) is 15.6. The minimum Gasteiger partial charge on any atom is -0.343 e. The van der Waals surface area contributed by atoms with Gasteiger partial charge in [-0.3, -0.25) is 9.78 Å². The number of carbonyl (C=O) groups is 1. The maximum absolute atomic E-state index is 12.7. The van der Waals surface area contributed by atoms with E-state index in [9.17, 15) is 4.79 Å². The number of nitrogens with zero attached hydrogens (tertiary/aromatic N) is 1. The Kier molecular flexibility index (Phi) is 3.63.